The van der Waals surface area contributed by atoms with E-state index in [-0.39, 0.29) is 22.3 Å². The molecule has 10 heteroatoms. The van der Waals surface area contributed by atoms with Crippen LogP contribution >= 0.6 is 24.4 Å². The monoisotopic (exact) mass is 630 g/mol. The van der Waals surface area contributed by atoms with Crippen molar-refractivity contribution in [3.05, 3.63) is 84.3 Å². The van der Waals surface area contributed by atoms with E-state index in [1.54, 1.807) is 6.08 Å². The first-order chi connectivity index (χ1) is 20.8. The van der Waals surface area contributed by atoms with E-state index in [9.17, 15) is 19.8 Å². The number of thiol groups is 1. The Morgan fingerprint density at radius 2 is 1.61 bits per heavy atom. The average molecular weight is 631 g/mol. The van der Waals surface area contributed by atoms with E-state index >= 15 is 0 Å². The van der Waals surface area contributed by atoms with E-state index in [1.165, 1.54) is 5.70 Å². The molecule has 6 heterocycles. The van der Waals surface area contributed by atoms with Crippen LogP contribution in [-0.4, -0.2) is 47.1 Å². The Labute approximate surface area is 265 Å². The zero-order valence-electron chi connectivity index (χ0n) is 25.7. The number of carbonyl (C=O) groups is 2. The van der Waals surface area contributed by atoms with Gasteiger partial charge in [-0.1, -0.05) is 13.8 Å². The third-order valence-corrected chi connectivity index (χ3v) is 11.5. The molecule has 3 aliphatic heterocycles. The molecule has 2 fully saturated rings. The van der Waals surface area contributed by atoms with E-state index in [0.29, 0.717) is 11.7 Å². The molecule has 0 amide bonds. The lowest BCUT2D eigenvalue weighted by molar-refractivity contribution is -0.137. The Hall–Kier alpha value is -3.76. The summed E-state index contributed by atoms with van der Waals surface area (Å²) in [6, 6.07) is 0. The highest BCUT2D eigenvalue weighted by atomic mass is 32.2. The average Bonchev–Trinajstić information content (AvgIpc) is 3.08. The molecular weight excluding hydrogens is 593 g/mol. The fourth-order valence-corrected chi connectivity index (χ4v) is 8.70. The number of aromatic nitrogens is 3. The topological polar surface area (TPSA) is 134 Å². The number of thioether (sulfide) groups is 1. The molecular formula is C34H38N4O4S2. The van der Waals surface area contributed by atoms with Crippen molar-refractivity contribution in [2.24, 2.45) is 5.92 Å². The maximum Gasteiger partial charge on any atom is 0.328 e. The molecule has 2 saturated heterocycles. The molecule has 0 aliphatic carbocycles. The first-order valence-electron chi connectivity index (χ1n) is 14.9. The van der Waals surface area contributed by atoms with Crippen LogP contribution in [0, 0.1) is 26.7 Å². The minimum atomic E-state index is -1.03. The minimum absolute atomic E-state index is 0.00187. The highest BCUT2D eigenvalue weighted by Gasteiger charge is 2.63. The summed E-state index contributed by atoms with van der Waals surface area (Å²) in [6.45, 7) is 12.7. The van der Waals surface area contributed by atoms with Crippen LogP contribution in [0.3, 0.4) is 0 Å². The molecule has 230 valence electrons. The van der Waals surface area contributed by atoms with Crippen molar-refractivity contribution < 1.29 is 19.8 Å². The Morgan fingerprint density at radius 3 is 2.25 bits per heavy atom. The number of aliphatic carboxylic acids is 2. The zero-order valence-corrected chi connectivity index (χ0v) is 27.4. The van der Waals surface area contributed by atoms with E-state index < -0.39 is 11.9 Å². The number of aromatic amines is 3. The van der Waals surface area contributed by atoms with E-state index in [2.05, 4.69) is 66.2 Å². The van der Waals surface area contributed by atoms with Gasteiger partial charge in [0.1, 0.15) is 0 Å². The van der Waals surface area contributed by atoms with E-state index in [0.717, 1.165) is 78.6 Å². The van der Waals surface area contributed by atoms with Crippen LogP contribution in [0.4, 0.5) is 0 Å². The Kier molecular flexibility index (Phi) is 7.57. The van der Waals surface area contributed by atoms with Crippen LogP contribution < -0.4 is 16.0 Å². The highest BCUT2D eigenvalue weighted by molar-refractivity contribution is 8.09. The molecule has 3 aliphatic rings. The second kappa shape index (κ2) is 11.0. The Morgan fingerprint density at radius 1 is 0.955 bits per heavy atom. The minimum Gasteiger partial charge on any atom is -0.481 e. The van der Waals surface area contributed by atoms with Crippen molar-refractivity contribution in [1.82, 2.24) is 20.3 Å². The molecule has 8 bridgehead atoms. The first-order valence-corrected chi connectivity index (χ1v) is 16.3. The third-order valence-electron chi connectivity index (χ3n) is 9.48. The second-order valence-electron chi connectivity index (χ2n) is 12.1. The van der Waals surface area contributed by atoms with Crippen LogP contribution in [-0.2, 0) is 16.0 Å². The molecule has 3 aromatic heterocycles. The predicted molar refractivity (Wildman–Crippen MR) is 181 cm³/mol. The lowest BCUT2D eigenvalue weighted by Crippen LogP contribution is -2.20. The van der Waals surface area contributed by atoms with Gasteiger partial charge in [-0.25, -0.2) is 4.79 Å². The van der Waals surface area contributed by atoms with Gasteiger partial charge in [0.2, 0.25) is 0 Å². The van der Waals surface area contributed by atoms with Crippen LogP contribution in [0.25, 0.3) is 30.4 Å². The fraction of sp³-hybridized carbons (Fsp3) is 0.353. The SMILES string of the molecule is Cc1c2[nH]c(c1CCC(=O)O)/C=c1\[nH]/c(c(C)c1/C=C/C(=O)O)=C\c1[nH]c(c(C)c1[C@H](C)S)/C=C1\N/C(=C\2)C(C)[C@]12SC2C. The van der Waals surface area contributed by atoms with E-state index in [4.69, 9.17) is 12.6 Å². The van der Waals surface area contributed by atoms with Gasteiger partial charge in [0.05, 0.1) is 4.75 Å². The molecule has 2 unspecified atom stereocenters. The number of hydrogen-bond acceptors (Lipinski definition) is 5. The molecule has 44 heavy (non-hydrogen) atoms. The van der Waals surface area contributed by atoms with Gasteiger partial charge in [-0.05, 0) is 92.3 Å². The lowest BCUT2D eigenvalue weighted by Gasteiger charge is -2.13. The molecule has 4 atom stereocenters. The summed E-state index contributed by atoms with van der Waals surface area (Å²) in [4.78, 5) is 33.9. The summed E-state index contributed by atoms with van der Waals surface area (Å²) in [6.07, 6.45) is 11.6. The number of H-pyrrole nitrogens is 3. The van der Waals surface area contributed by atoms with Gasteiger partial charge in [0, 0.05) is 79.3 Å². The van der Waals surface area contributed by atoms with Crippen molar-refractivity contribution in [3.8, 4) is 0 Å². The predicted octanol–water partition coefficient (Wildman–Crippen LogP) is 5.17. The maximum absolute atomic E-state index is 11.6. The number of carboxylic acid groups (broad SMARTS) is 2. The van der Waals surface area contributed by atoms with Crippen LogP contribution in [0.2, 0.25) is 0 Å². The molecule has 3 aromatic rings. The van der Waals surface area contributed by atoms with Crippen LogP contribution in [0.5, 0.6) is 0 Å². The van der Waals surface area contributed by atoms with Gasteiger partial charge in [0.25, 0.3) is 0 Å². The summed E-state index contributed by atoms with van der Waals surface area (Å²) in [7, 11) is 0. The standard InChI is InChI=1S/C34H38N4O4S2/c1-15-21(7-9-31(39)40)27-13-28-22(8-10-32(41)42)16(2)24(36-28)12-29-33(19(5)43)17(3)25(37-29)14-30-34(20(6)44-34)18(4)26(38-30)11-23(15)35-27/h8,10-14,18-20,35-38,43H,7,9H2,1-6H3,(H,39,40)(H,41,42)/b10-8+,24-12-,26-11-,28-13-,30-14-/t18?,19-,20?,34+/m0/s1. The normalized spacial score (nSPS) is 26.6. The summed E-state index contributed by atoms with van der Waals surface area (Å²) in [5.74, 6) is -1.65. The molecule has 0 saturated carbocycles. The van der Waals surface area contributed by atoms with Gasteiger partial charge in [-0.2, -0.15) is 12.6 Å². The number of rotatable bonds is 6. The third kappa shape index (κ3) is 4.98. The molecule has 6 rings (SSSR count). The summed E-state index contributed by atoms with van der Waals surface area (Å²) in [5.41, 5.74) is 11.8. The first kappa shape index (κ1) is 30.3. The maximum atomic E-state index is 11.6. The van der Waals surface area contributed by atoms with Gasteiger partial charge < -0.3 is 30.5 Å². The fourth-order valence-electron chi connectivity index (χ4n) is 6.95. The van der Waals surface area contributed by atoms with Crippen molar-refractivity contribution >= 4 is 66.7 Å². The summed E-state index contributed by atoms with van der Waals surface area (Å²) >= 11 is 6.83. The molecule has 8 nitrogen and oxygen atoms in total. The van der Waals surface area contributed by atoms with Gasteiger partial charge in [-0.15, -0.1) is 11.8 Å². The van der Waals surface area contributed by atoms with Gasteiger partial charge in [-0.3, -0.25) is 4.79 Å². The van der Waals surface area contributed by atoms with E-state index in [1.807, 2.05) is 31.7 Å². The van der Waals surface area contributed by atoms with Crippen LogP contribution in [0.1, 0.15) is 88.6 Å². The number of nitrogens with one attached hydrogen (secondary N) is 4. The number of allylic oxidation sites excluding steroid dienone is 1. The number of hydrogen-bond donors (Lipinski definition) is 7. The Balaban J connectivity index is 1.69. The summed E-state index contributed by atoms with van der Waals surface area (Å²) < 4.78 is -0.0362. The van der Waals surface area contributed by atoms with Crippen molar-refractivity contribution in [2.45, 2.75) is 69.6 Å². The molecule has 0 radical (unpaired) electrons. The molecule has 0 aromatic carbocycles. The summed E-state index contributed by atoms with van der Waals surface area (Å²) in [5, 5.41) is 24.8. The molecule has 1 spiro atoms. The smallest absolute Gasteiger partial charge is 0.328 e. The van der Waals surface area contributed by atoms with Crippen molar-refractivity contribution in [3.63, 3.8) is 0 Å². The number of carboxylic acids is 2. The lowest BCUT2D eigenvalue weighted by atomic mass is 9.90. The largest absolute Gasteiger partial charge is 0.481 e. The quantitative estimate of drug-likeness (QED) is 0.114. The number of fused-ring (bicyclic) bond motifs is 9. The highest BCUT2D eigenvalue weighted by Crippen LogP contribution is 2.66. The Bertz CT molecular complexity index is 1940. The van der Waals surface area contributed by atoms with Crippen LogP contribution in [0.15, 0.2) is 17.5 Å². The van der Waals surface area contributed by atoms with Gasteiger partial charge in [0.15, 0.2) is 0 Å². The molecule has 6 N–H and O–H groups in total. The van der Waals surface area contributed by atoms with Gasteiger partial charge >= 0.3 is 11.9 Å². The zero-order chi connectivity index (χ0) is 31.7. The second-order valence-corrected chi connectivity index (χ2v) is 14.5. The van der Waals surface area contributed by atoms with Crippen molar-refractivity contribution in [2.75, 3.05) is 0 Å². The van der Waals surface area contributed by atoms with Crippen molar-refractivity contribution in [1.29, 1.82) is 0 Å².